The molecule has 2 rings (SSSR count). The predicted octanol–water partition coefficient (Wildman–Crippen LogP) is 5.72. The van der Waals surface area contributed by atoms with Crippen molar-refractivity contribution >= 4 is 10.9 Å². The Bertz CT molecular complexity index is 1020. The van der Waals surface area contributed by atoms with Crippen LogP contribution in [-0.2, 0) is 6.54 Å². The molecule has 1 atom stereocenters. The lowest BCUT2D eigenvalue weighted by Gasteiger charge is -2.16. The van der Waals surface area contributed by atoms with Gasteiger partial charge in [0.25, 0.3) is 0 Å². The normalized spacial score (nSPS) is 13.5. The molecule has 0 aliphatic rings. The van der Waals surface area contributed by atoms with Crippen molar-refractivity contribution in [2.75, 3.05) is 0 Å². The molecular formula is C25H31F2NO3. The number of hydrogen-bond acceptors (Lipinski definition) is 3. The molecule has 2 N–H and O–H groups in total. The molecule has 0 aliphatic carbocycles. The fourth-order valence-corrected chi connectivity index (χ4v) is 2.88. The molecule has 1 unspecified atom stereocenters. The zero-order chi connectivity index (χ0) is 23.4. The van der Waals surface area contributed by atoms with Crippen molar-refractivity contribution in [2.45, 2.75) is 47.0 Å². The van der Waals surface area contributed by atoms with Crippen molar-refractivity contribution in [1.29, 1.82) is 0 Å². The quantitative estimate of drug-likeness (QED) is 0.415. The van der Waals surface area contributed by atoms with Crippen molar-refractivity contribution in [3.63, 3.8) is 0 Å². The maximum atomic E-state index is 14.2. The molecule has 0 fully saturated rings. The molecule has 2 aromatic rings. The molecule has 4 nitrogen and oxygen atoms in total. The zero-order valence-electron chi connectivity index (χ0n) is 18.4. The van der Waals surface area contributed by atoms with Crippen LogP contribution in [0.2, 0.25) is 0 Å². The van der Waals surface area contributed by atoms with E-state index in [1.54, 1.807) is 28.9 Å². The molecule has 1 aromatic heterocycles. The van der Waals surface area contributed by atoms with E-state index in [2.05, 4.69) is 0 Å². The number of allylic oxidation sites excluding steroid dienone is 8. The van der Waals surface area contributed by atoms with Crippen LogP contribution in [0.3, 0.4) is 0 Å². The van der Waals surface area contributed by atoms with Gasteiger partial charge >= 0.3 is 0 Å². The lowest BCUT2D eigenvalue weighted by Crippen LogP contribution is -2.20. The Labute approximate surface area is 182 Å². The van der Waals surface area contributed by atoms with Gasteiger partial charge in [-0.15, -0.1) is 0 Å². The van der Waals surface area contributed by atoms with Crippen molar-refractivity contribution in [3.8, 4) is 0 Å². The monoisotopic (exact) mass is 431 g/mol. The Hall–Kier alpha value is -2.83. The highest BCUT2D eigenvalue weighted by atomic mass is 19.1. The number of hydrogen-bond donors (Lipinski definition) is 2. The van der Waals surface area contributed by atoms with Gasteiger partial charge in [0.05, 0.1) is 16.5 Å². The van der Waals surface area contributed by atoms with Gasteiger partial charge in [-0.3, -0.25) is 4.79 Å². The van der Waals surface area contributed by atoms with Gasteiger partial charge in [-0.1, -0.05) is 64.1 Å². The standard InChI is InChI=1S/C23H25F2NO3.C2H6/c1-3-4-5-10-17(24)11-7-6-9-16(2)14-26-15-18(23(28)29)22(27)21-19(25)12-8-13-20(21)26;1-2/h4-13,15-16,23,28-29H,3,14H2,1-2H3;1-2H3/b5-4+,9-6+,11-7-,17-10+;. The van der Waals surface area contributed by atoms with Crippen LogP contribution in [0.25, 0.3) is 10.9 Å². The number of halogens is 2. The van der Waals surface area contributed by atoms with Crippen LogP contribution in [0, 0.1) is 11.7 Å². The Morgan fingerprint density at radius 1 is 1.19 bits per heavy atom. The van der Waals surface area contributed by atoms with Gasteiger partial charge in [0.1, 0.15) is 11.6 Å². The molecule has 6 heteroatoms. The van der Waals surface area contributed by atoms with Crippen molar-refractivity contribution in [2.24, 2.45) is 5.92 Å². The van der Waals surface area contributed by atoms with Crippen molar-refractivity contribution < 1.29 is 19.0 Å². The van der Waals surface area contributed by atoms with Crippen LogP contribution < -0.4 is 5.43 Å². The fourth-order valence-electron chi connectivity index (χ4n) is 2.88. The second kappa shape index (κ2) is 13.5. The molecule has 0 spiro atoms. The van der Waals surface area contributed by atoms with E-state index in [4.69, 9.17) is 0 Å². The van der Waals surface area contributed by atoms with Crippen molar-refractivity contribution in [1.82, 2.24) is 4.57 Å². The smallest absolute Gasteiger partial charge is 0.200 e. The summed E-state index contributed by atoms with van der Waals surface area (Å²) in [5.41, 5.74) is -0.659. The second-order valence-electron chi connectivity index (χ2n) is 6.68. The van der Waals surface area contributed by atoms with Gasteiger partial charge in [-0.2, -0.15) is 0 Å². The van der Waals surface area contributed by atoms with E-state index in [0.29, 0.717) is 12.1 Å². The molecule has 1 heterocycles. The van der Waals surface area contributed by atoms with Crippen LogP contribution >= 0.6 is 0 Å². The fraction of sp³-hybridized carbons (Fsp3) is 0.320. The molecule has 0 aliphatic heterocycles. The van der Waals surface area contributed by atoms with Crippen LogP contribution in [0.1, 0.15) is 46.0 Å². The van der Waals surface area contributed by atoms with E-state index in [-0.39, 0.29) is 22.7 Å². The Morgan fingerprint density at radius 2 is 1.90 bits per heavy atom. The average molecular weight is 432 g/mol. The summed E-state index contributed by atoms with van der Waals surface area (Å²) in [6.45, 7) is 8.23. The maximum absolute atomic E-state index is 14.2. The van der Waals surface area contributed by atoms with Crippen LogP contribution in [0.15, 0.2) is 77.5 Å². The minimum Gasteiger partial charge on any atom is -0.364 e. The van der Waals surface area contributed by atoms with Gasteiger partial charge in [0, 0.05) is 12.7 Å². The van der Waals surface area contributed by atoms with Crippen LogP contribution in [-0.4, -0.2) is 14.8 Å². The lowest BCUT2D eigenvalue weighted by molar-refractivity contribution is -0.0435. The van der Waals surface area contributed by atoms with E-state index in [1.165, 1.54) is 24.4 Å². The molecule has 31 heavy (non-hydrogen) atoms. The summed E-state index contributed by atoms with van der Waals surface area (Å²) in [6, 6.07) is 4.26. The van der Waals surface area contributed by atoms with Gasteiger partial charge in [0.15, 0.2) is 6.29 Å². The van der Waals surface area contributed by atoms with Gasteiger partial charge in [-0.25, -0.2) is 8.78 Å². The topological polar surface area (TPSA) is 62.5 Å². The summed E-state index contributed by atoms with van der Waals surface area (Å²) in [7, 11) is 0. The first-order valence-electron chi connectivity index (χ1n) is 10.4. The molecule has 0 bridgehead atoms. The minimum absolute atomic E-state index is 0.0515. The second-order valence-corrected chi connectivity index (χ2v) is 6.68. The zero-order valence-corrected chi connectivity index (χ0v) is 18.4. The SMILES string of the molecule is CC.CC/C=C/C=C(F)\C=C/C=C/C(C)Cn1cc(C(O)O)c(=O)c2c(F)cccc21. The third-order valence-electron chi connectivity index (χ3n) is 4.28. The van der Waals surface area contributed by atoms with Crippen LogP contribution in [0.4, 0.5) is 8.78 Å². The molecular weight excluding hydrogens is 400 g/mol. The van der Waals surface area contributed by atoms with E-state index in [0.717, 1.165) is 12.5 Å². The number of nitrogens with zero attached hydrogens (tertiary/aromatic N) is 1. The molecule has 1 aromatic carbocycles. The Balaban J connectivity index is 0.00000233. The molecule has 0 amide bonds. The summed E-state index contributed by atoms with van der Waals surface area (Å²) in [5, 5.41) is 18.8. The van der Waals surface area contributed by atoms with Crippen LogP contribution in [0.5, 0.6) is 0 Å². The summed E-state index contributed by atoms with van der Waals surface area (Å²) in [4.78, 5) is 12.4. The Morgan fingerprint density at radius 3 is 2.55 bits per heavy atom. The number of aromatic nitrogens is 1. The predicted molar refractivity (Wildman–Crippen MR) is 123 cm³/mol. The van der Waals surface area contributed by atoms with E-state index < -0.39 is 17.5 Å². The minimum atomic E-state index is -2.00. The highest BCUT2D eigenvalue weighted by molar-refractivity contribution is 5.80. The maximum Gasteiger partial charge on any atom is 0.200 e. The summed E-state index contributed by atoms with van der Waals surface area (Å²) in [5.74, 6) is -1.13. The van der Waals surface area contributed by atoms with Gasteiger partial charge < -0.3 is 14.8 Å². The van der Waals surface area contributed by atoms with Crippen molar-refractivity contribution in [3.05, 3.63) is 94.4 Å². The van der Waals surface area contributed by atoms with E-state index in [9.17, 15) is 23.8 Å². The lowest BCUT2D eigenvalue weighted by atomic mass is 10.1. The summed E-state index contributed by atoms with van der Waals surface area (Å²) >= 11 is 0. The summed E-state index contributed by atoms with van der Waals surface area (Å²) < 4.78 is 29.4. The number of pyridine rings is 1. The first-order chi connectivity index (χ1) is 14.8. The highest BCUT2D eigenvalue weighted by Crippen LogP contribution is 2.19. The third-order valence-corrected chi connectivity index (χ3v) is 4.28. The number of aliphatic hydroxyl groups excluding tert-OH is 1. The largest absolute Gasteiger partial charge is 0.364 e. The van der Waals surface area contributed by atoms with E-state index in [1.807, 2.05) is 39.8 Å². The molecule has 0 saturated carbocycles. The highest BCUT2D eigenvalue weighted by Gasteiger charge is 2.17. The first-order valence-corrected chi connectivity index (χ1v) is 10.4. The van der Waals surface area contributed by atoms with Gasteiger partial charge in [0.2, 0.25) is 5.43 Å². The number of benzene rings is 1. The molecule has 0 saturated heterocycles. The Kier molecular flexibility index (Phi) is 11.4. The first kappa shape index (κ1) is 26.2. The number of fused-ring (bicyclic) bond motifs is 1. The average Bonchev–Trinajstić information content (AvgIpc) is 2.74. The van der Waals surface area contributed by atoms with Gasteiger partial charge in [-0.05, 0) is 36.6 Å². The number of rotatable bonds is 8. The van der Waals surface area contributed by atoms with E-state index >= 15 is 0 Å². The third kappa shape index (κ3) is 7.74. The summed E-state index contributed by atoms with van der Waals surface area (Å²) in [6.07, 6.45) is 11.5. The molecule has 168 valence electrons. The molecule has 0 radical (unpaired) electrons. The number of aliphatic hydroxyl groups is 2.